The number of furan rings is 1. The van der Waals surface area contributed by atoms with Gasteiger partial charge in [0.05, 0.1) is 12.7 Å². The molecular formula is C13H9FO3. The molecule has 2 aromatic rings. The highest BCUT2D eigenvalue weighted by Gasteiger charge is 2.15. The fourth-order valence-corrected chi connectivity index (χ4v) is 1.41. The number of halogens is 1. The molecule has 0 fully saturated rings. The summed E-state index contributed by atoms with van der Waals surface area (Å²) in [7, 11) is 0. The fourth-order valence-electron chi connectivity index (χ4n) is 1.41. The highest BCUT2D eigenvalue weighted by atomic mass is 19.1. The molecule has 0 spiro atoms. The molecule has 0 bridgehead atoms. The Balaban J connectivity index is 2.07. The van der Waals surface area contributed by atoms with Crippen LogP contribution in [0.1, 0.15) is 27.3 Å². The fraction of sp³-hybridized carbons (Fsp3) is 0.0769. The van der Waals surface area contributed by atoms with E-state index in [4.69, 9.17) is 4.42 Å². The van der Waals surface area contributed by atoms with Gasteiger partial charge in [0.25, 0.3) is 0 Å². The van der Waals surface area contributed by atoms with Crippen LogP contribution in [0.3, 0.4) is 0 Å². The van der Waals surface area contributed by atoms with Gasteiger partial charge in [-0.25, -0.2) is 4.39 Å². The van der Waals surface area contributed by atoms with Gasteiger partial charge in [-0.15, -0.1) is 0 Å². The molecule has 0 saturated carbocycles. The van der Waals surface area contributed by atoms with E-state index in [0.717, 1.165) is 0 Å². The third kappa shape index (κ3) is 2.66. The van der Waals surface area contributed by atoms with Crippen molar-refractivity contribution in [3.05, 3.63) is 59.8 Å². The van der Waals surface area contributed by atoms with Gasteiger partial charge in [-0.3, -0.25) is 9.59 Å². The second kappa shape index (κ2) is 4.74. The Morgan fingerprint density at radius 3 is 2.35 bits per heavy atom. The van der Waals surface area contributed by atoms with Crippen molar-refractivity contribution in [3.63, 3.8) is 0 Å². The molecule has 1 aromatic heterocycles. The Labute approximate surface area is 96.9 Å². The van der Waals surface area contributed by atoms with Crippen LogP contribution in [0, 0.1) is 5.82 Å². The van der Waals surface area contributed by atoms with E-state index in [1.54, 1.807) is 6.07 Å². The van der Waals surface area contributed by atoms with E-state index in [2.05, 4.69) is 0 Å². The van der Waals surface area contributed by atoms with E-state index >= 15 is 0 Å². The van der Waals surface area contributed by atoms with Crippen LogP contribution in [0.25, 0.3) is 0 Å². The molecule has 0 amide bonds. The molecule has 0 aliphatic heterocycles. The normalized spacial score (nSPS) is 10.2. The lowest BCUT2D eigenvalue weighted by Gasteiger charge is -1.99. The molecular weight excluding hydrogens is 223 g/mol. The molecule has 2 rings (SSSR count). The first kappa shape index (κ1) is 11.3. The average molecular weight is 232 g/mol. The van der Waals surface area contributed by atoms with E-state index in [1.807, 2.05) is 0 Å². The van der Waals surface area contributed by atoms with Gasteiger partial charge in [-0.05, 0) is 36.4 Å². The summed E-state index contributed by atoms with van der Waals surface area (Å²) >= 11 is 0. The minimum atomic E-state index is -0.418. The van der Waals surface area contributed by atoms with Crippen LogP contribution in [-0.4, -0.2) is 11.6 Å². The minimum Gasteiger partial charge on any atom is -0.461 e. The smallest absolute Gasteiger partial charge is 0.205 e. The number of benzene rings is 1. The van der Waals surface area contributed by atoms with Crippen molar-refractivity contribution in [1.82, 2.24) is 0 Å². The van der Waals surface area contributed by atoms with Gasteiger partial charge in [0.2, 0.25) is 5.78 Å². The molecule has 1 aromatic carbocycles. The summed E-state index contributed by atoms with van der Waals surface area (Å²) in [6, 6.07) is 8.16. The van der Waals surface area contributed by atoms with Gasteiger partial charge in [0.1, 0.15) is 5.82 Å². The number of ketones is 2. The van der Waals surface area contributed by atoms with Crippen LogP contribution in [0.5, 0.6) is 0 Å². The summed E-state index contributed by atoms with van der Waals surface area (Å²) in [4.78, 5) is 23.2. The summed E-state index contributed by atoms with van der Waals surface area (Å²) in [6.07, 6.45) is 1.09. The lowest BCUT2D eigenvalue weighted by Crippen LogP contribution is -2.07. The number of carbonyl (C=O) groups excluding carboxylic acids is 2. The zero-order valence-electron chi connectivity index (χ0n) is 8.85. The number of rotatable bonds is 4. The summed E-state index contributed by atoms with van der Waals surface area (Å²) in [5.41, 5.74) is 0.311. The van der Waals surface area contributed by atoms with Crippen LogP contribution in [0.4, 0.5) is 4.39 Å². The van der Waals surface area contributed by atoms with E-state index < -0.39 is 5.82 Å². The highest BCUT2D eigenvalue weighted by Crippen LogP contribution is 2.10. The molecule has 17 heavy (non-hydrogen) atoms. The maximum absolute atomic E-state index is 12.6. The van der Waals surface area contributed by atoms with Gasteiger partial charge in [-0.2, -0.15) is 0 Å². The Morgan fingerprint density at radius 1 is 1.06 bits per heavy atom. The van der Waals surface area contributed by atoms with Crippen molar-refractivity contribution in [2.24, 2.45) is 0 Å². The molecule has 0 radical (unpaired) electrons. The van der Waals surface area contributed by atoms with Crippen LogP contribution < -0.4 is 0 Å². The van der Waals surface area contributed by atoms with Gasteiger partial charge in [0.15, 0.2) is 11.5 Å². The largest absolute Gasteiger partial charge is 0.461 e. The summed E-state index contributed by atoms with van der Waals surface area (Å²) < 4.78 is 17.5. The topological polar surface area (TPSA) is 47.3 Å². The lowest BCUT2D eigenvalue weighted by atomic mass is 10.1. The van der Waals surface area contributed by atoms with E-state index in [0.29, 0.717) is 5.56 Å². The molecule has 0 aliphatic carbocycles. The zero-order valence-corrected chi connectivity index (χ0v) is 8.85. The Morgan fingerprint density at radius 2 is 1.76 bits per heavy atom. The van der Waals surface area contributed by atoms with Crippen LogP contribution in [0.15, 0.2) is 47.1 Å². The Kier molecular flexibility index (Phi) is 3.14. The molecule has 86 valence electrons. The first-order chi connectivity index (χ1) is 8.16. The predicted molar refractivity (Wildman–Crippen MR) is 58.4 cm³/mol. The quantitative estimate of drug-likeness (QED) is 0.601. The minimum absolute atomic E-state index is 0.153. The Hall–Kier alpha value is -2.23. The number of hydrogen-bond acceptors (Lipinski definition) is 3. The maximum atomic E-state index is 12.6. The van der Waals surface area contributed by atoms with E-state index in [-0.39, 0.29) is 23.7 Å². The van der Waals surface area contributed by atoms with Crippen molar-refractivity contribution < 1.29 is 18.4 Å². The van der Waals surface area contributed by atoms with Gasteiger partial charge in [-0.1, -0.05) is 0 Å². The van der Waals surface area contributed by atoms with Crippen molar-refractivity contribution in [3.8, 4) is 0 Å². The van der Waals surface area contributed by atoms with Crippen molar-refractivity contribution in [2.75, 3.05) is 0 Å². The third-order valence-electron chi connectivity index (χ3n) is 2.28. The standard InChI is InChI=1S/C13H9FO3/c14-10-5-3-9(4-6-10)11(15)8-12(16)13-2-1-7-17-13/h1-7H,8H2. The second-order valence-electron chi connectivity index (χ2n) is 3.51. The monoisotopic (exact) mass is 232 g/mol. The zero-order chi connectivity index (χ0) is 12.3. The van der Waals surface area contributed by atoms with Gasteiger partial charge < -0.3 is 4.42 Å². The lowest BCUT2D eigenvalue weighted by molar-refractivity contribution is 0.0878. The van der Waals surface area contributed by atoms with E-state index in [9.17, 15) is 14.0 Å². The molecule has 1 heterocycles. The summed E-state index contributed by atoms with van der Waals surface area (Å²) in [5, 5.41) is 0. The third-order valence-corrected chi connectivity index (χ3v) is 2.28. The van der Waals surface area contributed by atoms with Crippen molar-refractivity contribution in [2.45, 2.75) is 6.42 Å². The molecule has 0 N–H and O–H groups in total. The maximum Gasteiger partial charge on any atom is 0.205 e. The number of Topliss-reactive ketones (excluding diaryl/α,β-unsaturated/α-hetero) is 2. The molecule has 0 unspecified atom stereocenters. The van der Waals surface area contributed by atoms with Crippen molar-refractivity contribution in [1.29, 1.82) is 0 Å². The van der Waals surface area contributed by atoms with Crippen LogP contribution in [-0.2, 0) is 0 Å². The molecule has 4 heteroatoms. The number of hydrogen-bond donors (Lipinski definition) is 0. The first-order valence-electron chi connectivity index (χ1n) is 5.02. The first-order valence-corrected chi connectivity index (χ1v) is 5.02. The second-order valence-corrected chi connectivity index (χ2v) is 3.51. The SMILES string of the molecule is O=C(CC(=O)c1ccco1)c1ccc(F)cc1. The molecule has 0 saturated heterocycles. The van der Waals surface area contributed by atoms with Gasteiger partial charge >= 0.3 is 0 Å². The van der Waals surface area contributed by atoms with Crippen LogP contribution in [0.2, 0.25) is 0 Å². The predicted octanol–water partition coefficient (Wildman–Crippen LogP) is 2.87. The van der Waals surface area contributed by atoms with Gasteiger partial charge in [0, 0.05) is 5.56 Å². The molecule has 0 aliphatic rings. The summed E-state index contributed by atoms with van der Waals surface area (Å²) in [5.74, 6) is -1.00. The highest BCUT2D eigenvalue weighted by molar-refractivity contribution is 6.12. The Bertz CT molecular complexity index is 526. The summed E-state index contributed by atoms with van der Waals surface area (Å²) in [6.45, 7) is 0. The number of carbonyl (C=O) groups is 2. The van der Waals surface area contributed by atoms with Crippen LogP contribution >= 0.6 is 0 Å². The molecule has 3 nitrogen and oxygen atoms in total. The van der Waals surface area contributed by atoms with Crippen molar-refractivity contribution >= 4 is 11.6 Å². The average Bonchev–Trinajstić information content (AvgIpc) is 2.83. The van der Waals surface area contributed by atoms with E-state index in [1.165, 1.54) is 36.6 Å². The molecule has 0 atom stereocenters.